The summed E-state index contributed by atoms with van der Waals surface area (Å²) in [5.41, 5.74) is 0. The molecule has 1 fully saturated rings. The Bertz CT molecular complexity index is 399. The average Bonchev–Trinajstić information content (AvgIpc) is 2.88. The van der Waals surface area contributed by atoms with E-state index in [1.165, 1.54) is 4.88 Å². The number of carbonyl (C=O) groups is 1. The molecule has 1 atom stereocenters. The molecule has 0 saturated carbocycles. The number of amides is 1. The van der Waals surface area contributed by atoms with Crippen LogP contribution in [0.2, 0.25) is 0 Å². The molecular weight excluding hydrogens is 246 g/mol. The number of piperidine rings is 1. The SMILES string of the molecule is CCc1cnc(C(C)NC(=O)C2CCNCC2)s1. The summed E-state index contributed by atoms with van der Waals surface area (Å²) < 4.78 is 0. The minimum Gasteiger partial charge on any atom is -0.347 e. The molecule has 0 radical (unpaired) electrons. The van der Waals surface area contributed by atoms with Crippen molar-refractivity contribution < 1.29 is 4.79 Å². The molecule has 1 aliphatic heterocycles. The van der Waals surface area contributed by atoms with Crippen molar-refractivity contribution in [3.05, 3.63) is 16.1 Å². The van der Waals surface area contributed by atoms with Gasteiger partial charge in [-0.15, -0.1) is 11.3 Å². The summed E-state index contributed by atoms with van der Waals surface area (Å²) in [7, 11) is 0. The summed E-state index contributed by atoms with van der Waals surface area (Å²) >= 11 is 1.69. The summed E-state index contributed by atoms with van der Waals surface area (Å²) in [5, 5.41) is 7.37. The molecule has 1 aromatic rings. The number of nitrogens with zero attached hydrogens (tertiary/aromatic N) is 1. The van der Waals surface area contributed by atoms with E-state index in [0.717, 1.165) is 37.4 Å². The molecule has 2 rings (SSSR count). The number of rotatable bonds is 4. The molecule has 0 spiro atoms. The number of carbonyl (C=O) groups excluding carboxylic acids is 1. The monoisotopic (exact) mass is 267 g/mol. The van der Waals surface area contributed by atoms with E-state index < -0.39 is 0 Å². The first-order chi connectivity index (χ1) is 8.70. The third-order valence-electron chi connectivity index (χ3n) is 3.36. The van der Waals surface area contributed by atoms with Crippen molar-refractivity contribution in [3.63, 3.8) is 0 Å². The van der Waals surface area contributed by atoms with Gasteiger partial charge in [0.2, 0.25) is 5.91 Å². The lowest BCUT2D eigenvalue weighted by Gasteiger charge is -2.23. The van der Waals surface area contributed by atoms with E-state index in [-0.39, 0.29) is 17.9 Å². The molecule has 2 heterocycles. The van der Waals surface area contributed by atoms with Crippen molar-refractivity contribution in [2.45, 2.75) is 39.2 Å². The summed E-state index contributed by atoms with van der Waals surface area (Å²) in [6.07, 6.45) is 4.80. The van der Waals surface area contributed by atoms with Crippen molar-refractivity contribution >= 4 is 17.2 Å². The Hall–Kier alpha value is -0.940. The first kappa shape index (κ1) is 13.5. The summed E-state index contributed by atoms with van der Waals surface area (Å²) in [6.45, 7) is 6.03. The van der Waals surface area contributed by atoms with Crippen LogP contribution in [0.4, 0.5) is 0 Å². The van der Waals surface area contributed by atoms with Gasteiger partial charge in [-0.05, 0) is 39.3 Å². The number of aryl methyl sites for hydroxylation is 1. The van der Waals surface area contributed by atoms with E-state index in [1.807, 2.05) is 13.1 Å². The molecule has 1 unspecified atom stereocenters. The van der Waals surface area contributed by atoms with Gasteiger partial charge in [-0.2, -0.15) is 0 Å². The van der Waals surface area contributed by atoms with Gasteiger partial charge in [-0.25, -0.2) is 4.98 Å². The number of thiazole rings is 1. The molecule has 5 heteroatoms. The van der Waals surface area contributed by atoms with Crippen LogP contribution in [0.1, 0.15) is 42.6 Å². The zero-order valence-corrected chi connectivity index (χ0v) is 11.8. The Labute approximate surface area is 112 Å². The van der Waals surface area contributed by atoms with Crippen molar-refractivity contribution in [1.82, 2.24) is 15.6 Å². The fourth-order valence-electron chi connectivity index (χ4n) is 2.16. The molecule has 0 bridgehead atoms. The largest absolute Gasteiger partial charge is 0.347 e. The number of nitrogens with one attached hydrogen (secondary N) is 2. The third-order valence-corrected chi connectivity index (χ3v) is 4.68. The maximum atomic E-state index is 12.1. The van der Waals surface area contributed by atoms with Crippen molar-refractivity contribution in [2.24, 2.45) is 5.92 Å². The van der Waals surface area contributed by atoms with Gasteiger partial charge < -0.3 is 10.6 Å². The molecule has 0 aromatic carbocycles. The van der Waals surface area contributed by atoms with E-state index in [9.17, 15) is 4.79 Å². The predicted octanol–water partition coefficient (Wildman–Crippen LogP) is 1.88. The van der Waals surface area contributed by atoms with Crippen LogP contribution in [0.5, 0.6) is 0 Å². The van der Waals surface area contributed by atoms with Gasteiger partial charge in [0.1, 0.15) is 5.01 Å². The van der Waals surface area contributed by atoms with Crippen molar-refractivity contribution in [1.29, 1.82) is 0 Å². The lowest BCUT2D eigenvalue weighted by atomic mass is 9.97. The minimum absolute atomic E-state index is 0.0256. The van der Waals surface area contributed by atoms with Gasteiger partial charge in [0.25, 0.3) is 0 Å². The molecule has 2 N–H and O–H groups in total. The van der Waals surface area contributed by atoms with Crippen LogP contribution < -0.4 is 10.6 Å². The minimum atomic E-state index is 0.0256. The number of hydrogen-bond acceptors (Lipinski definition) is 4. The van der Waals surface area contributed by atoms with E-state index in [1.54, 1.807) is 11.3 Å². The van der Waals surface area contributed by atoms with Crippen LogP contribution >= 0.6 is 11.3 Å². The Kier molecular flexibility index (Phi) is 4.72. The standard InChI is InChI=1S/C13H21N3OS/c1-3-11-8-15-13(18-11)9(2)16-12(17)10-4-6-14-7-5-10/h8-10,14H,3-7H2,1-2H3,(H,16,17). The summed E-state index contributed by atoms with van der Waals surface area (Å²) in [5.74, 6) is 0.344. The second-order valence-electron chi connectivity index (χ2n) is 4.77. The Balaban J connectivity index is 1.89. The molecule has 4 nitrogen and oxygen atoms in total. The highest BCUT2D eigenvalue weighted by molar-refractivity contribution is 7.11. The number of aromatic nitrogens is 1. The smallest absolute Gasteiger partial charge is 0.223 e. The summed E-state index contributed by atoms with van der Waals surface area (Å²) in [6, 6.07) is 0.0256. The van der Waals surface area contributed by atoms with Gasteiger partial charge in [0, 0.05) is 17.0 Å². The van der Waals surface area contributed by atoms with Gasteiger partial charge in [-0.3, -0.25) is 4.79 Å². The predicted molar refractivity (Wildman–Crippen MR) is 73.6 cm³/mol. The summed E-state index contributed by atoms with van der Waals surface area (Å²) in [4.78, 5) is 17.7. The van der Waals surface area contributed by atoms with Gasteiger partial charge >= 0.3 is 0 Å². The Morgan fingerprint density at radius 1 is 1.61 bits per heavy atom. The van der Waals surface area contributed by atoms with E-state index in [0.29, 0.717) is 0 Å². The maximum absolute atomic E-state index is 12.1. The first-order valence-corrected chi connectivity index (χ1v) is 7.48. The topological polar surface area (TPSA) is 54.0 Å². The van der Waals surface area contributed by atoms with E-state index in [4.69, 9.17) is 0 Å². The van der Waals surface area contributed by atoms with Crippen LogP contribution in [-0.2, 0) is 11.2 Å². The molecule has 1 saturated heterocycles. The highest BCUT2D eigenvalue weighted by atomic mass is 32.1. The van der Waals surface area contributed by atoms with Crippen LogP contribution in [0.15, 0.2) is 6.20 Å². The molecule has 0 aliphatic carbocycles. The van der Waals surface area contributed by atoms with Crippen molar-refractivity contribution in [2.75, 3.05) is 13.1 Å². The Morgan fingerprint density at radius 2 is 2.33 bits per heavy atom. The average molecular weight is 267 g/mol. The van der Waals surface area contributed by atoms with Gasteiger partial charge in [0.05, 0.1) is 6.04 Å². The fraction of sp³-hybridized carbons (Fsp3) is 0.692. The number of hydrogen-bond donors (Lipinski definition) is 2. The highest BCUT2D eigenvalue weighted by Crippen LogP contribution is 2.21. The Morgan fingerprint density at radius 3 is 2.94 bits per heavy atom. The lowest BCUT2D eigenvalue weighted by Crippen LogP contribution is -2.39. The molecule has 1 aromatic heterocycles. The van der Waals surface area contributed by atoms with Crippen LogP contribution in [-0.4, -0.2) is 24.0 Å². The van der Waals surface area contributed by atoms with Crippen LogP contribution in [0.25, 0.3) is 0 Å². The molecule has 18 heavy (non-hydrogen) atoms. The molecular formula is C13H21N3OS. The first-order valence-electron chi connectivity index (χ1n) is 6.66. The third kappa shape index (κ3) is 3.29. The molecule has 1 amide bonds. The fourth-order valence-corrected chi connectivity index (χ4v) is 3.02. The molecule has 100 valence electrons. The van der Waals surface area contributed by atoms with Crippen molar-refractivity contribution in [3.8, 4) is 0 Å². The zero-order valence-electron chi connectivity index (χ0n) is 11.0. The zero-order chi connectivity index (χ0) is 13.0. The van der Waals surface area contributed by atoms with E-state index in [2.05, 4.69) is 22.5 Å². The van der Waals surface area contributed by atoms with E-state index >= 15 is 0 Å². The quantitative estimate of drug-likeness (QED) is 0.876. The van der Waals surface area contributed by atoms with Crippen LogP contribution in [0.3, 0.4) is 0 Å². The molecule has 1 aliphatic rings. The normalized spacial score (nSPS) is 18.6. The lowest BCUT2D eigenvalue weighted by molar-refractivity contribution is -0.126. The maximum Gasteiger partial charge on any atom is 0.223 e. The second kappa shape index (κ2) is 6.29. The highest BCUT2D eigenvalue weighted by Gasteiger charge is 2.23. The van der Waals surface area contributed by atoms with Gasteiger partial charge in [0.15, 0.2) is 0 Å². The van der Waals surface area contributed by atoms with Gasteiger partial charge in [-0.1, -0.05) is 6.92 Å². The van der Waals surface area contributed by atoms with Crippen LogP contribution in [0, 0.1) is 5.92 Å². The second-order valence-corrected chi connectivity index (χ2v) is 5.92.